The molecule has 2 aliphatic heterocycles. The van der Waals surface area contributed by atoms with E-state index in [0.29, 0.717) is 0 Å². The summed E-state index contributed by atoms with van der Waals surface area (Å²) in [5, 5.41) is 11.1. The molecule has 0 amide bonds. The van der Waals surface area contributed by atoms with Crippen LogP contribution in [0.15, 0.2) is 167 Å². The molecule has 1 aromatic heterocycles. The first-order valence-electron chi connectivity index (χ1n) is 18.9. The van der Waals surface area contributed by atoms with Crippen LogP contribution in [0, 0.1) is 0 Å². The third-order valence-corrected chi connectivity index (χ3v) is 18.9. The second-order valence-electron chi connectivity index (χ2n) is 15.6. The molecule has 0 saturated heterocycles. The lowest BCUT2D eigenvalue weighted by Crippen LogP contribution is -2.49. The highest BCUT2D eigenvalue weighted by Gasteiger charge is 2.41. The molecule has 254 valence electrons. The Morgan fingerprint density at radius 1 is 0.642 bits per heavy atom. The van der Waals surface area contributed by atoms with E-state index in [9.17, 15) is 0 Å². The highest BCUT2D eigenvalue weighted by atomic mass is 28.3. The lowest BCUT2D eigenvalue weighted by atomic mass is 9.89. The molecule has 7 aromatic carbocycles. The summed E-state index contributed by atoms with van der Waals surface area (Å²) in [7, 11) is -3.23. The number of benzene rings is 7. The quantitative estimate of drug-likeness (QED) is 0.169. The van der Waals surface area contributed by atoms with Gasteiger partial charge in [-0.2, -0.15) is 0 Å². The van der Waals surface area contributed by atoms with E-state index in [2.05, 4.69) is 182 Å². The Kier molecular flexibility index (Phi) is 6.65. The number of allylic oxidation sites excluding steroid dienone is 2. The second kappa shape index (κ2) is 11.4. The molecule has 0 N–H and O–H groups in total. The van der Waals surface area contributed by atoms with Crippen LogP contribution in [-0.4, -0.2) is 22.9 Å². The van der Waals surface area contributed by atoms with Crippen molar-refractivity contribution in [1.82, 2.24) is 0 Å². The summed E-state index contributed by atoms with van der Waals surface area (Å²) in [5.74, 6) is 0. The van der Waals surface area contributed by atoms with Crippen molar-refractivity contribution in [2.75, 3.05) is 4.90 Å². The van der Waals surface area contributed by atoms with E-state index >= 15 is 0 Å². The maximum Gasteiger partial charge on any atom is 0.142 e. The second-order valence-corrected chi connectivity index (χ2v) is 22.6. The molecule has 2 unspecified atom stereocenters. The molecular weight excluding hydrogens is 675 g/mol. The first-order chi connectivity index (χ1) is 26.0. The van der Waals surface area contributed by atoms with Crippen LogP contribution >= 0.6 is 0 Å². The highest BCUT2D eigenvalue weighted by molar-refractivity contribution is 7.03. The van der Waals surface area contributed by atoms with Gasteiger partial charge >= 0.3 is 0 Å². The molecule has 3 heterocycles. The number of hydrogen-bond acceptors (Lipinski definition) is 2. The van der Waals surface area contributed by atoms with Crippen molar-refractivity contribution in [2.24, 2.45) is 0 Å². The van der Waals surface area contributed by atoms with E-state index in [-0.39, 0.29) is 6.04 Å². The minimum absolute atomic E-state index is 0.122. The van der Waals surface area contributed by atoms with E-state index in [4.69, 9.17) is 4.42 Å². The van der Waals surface area contributed by atoms with E-state index in [0.717, 1.165) is 17.6 Å². The Hall–Kier alpha value is -5.69. The summed E-state index contributed by atoms with van der Waals surface area (Å²) in [6, 6.07) is 54.6. The average Bonchev–Trinajstić information content (AvgIpc) is 3.80. The SMILES string of the molecule is C[SiH]1C2=C(c3c1ccc1c3oc3ccccc31)C(N(c1ccc(-c3ccc4ccccc4c3)cc1)c1ccc3c(c1)-c1ccccc1[Si]3(C)C)CC=C2. The molecule has 8 aromatic rings. The van der Waals surface area contributed by atoms with Crippen LogP contribution in [0.4, 0.5) is 11.4 Å². The van der Waals surface area contributed by atoms with Crippen molar-refractivity contribution in [3.8, 4) is 22.3 Å². The lowest BCUT2D eigenvalue weighted by Gasteiger charge is -2.37. The van der Waals surface area contributed by atoms with Crippen molar-refractivity contribution in [2.45, 2.75) is 32.1 Å². The molecule has 1 aliphatic carbocycles. The van der Waals surface area contributed by atoms with Gasteiger partial charge in [0.1, 0.15) is 28.0 Å². The largest absolute Gasteiger partial charge is 0.455 e. The van der Waals surface area contributed by atoms with Crippen LogP contribution in [0.2, 0.25) is 19.6 Å². The van der Waals surface area contributed by atoms with Gasteiger partial charge in [-0.1, -0.05) is 146 Å². The zero-order chi connectivity index (χ0) is 35.4. The Morgan fingerprint density at radius 2 is 1.38 bits per heavy atom. The Morgan fingerprint density at radius 3 is 2.26 bits per heavy atom. The van der Waals surface area contributed by atoms with Gasteiger partial charge in [-0.3, -0.25) is 0 Å². The van der Waals surface area contributed by atoms with Crippen LogP contribution in [0.1, 0.15) is 12.0 Å². The fourth-order valence-electron chi connectivity index (χ4n) is 9.81. The zero-order valence-electron chi connectivity index (χ0n) is 30.2. The van der Waals surface area contributed by atoms with Crippen molar-refractivity contribution in [3.05, 3.63) is 169 Å². The number of para-hydroxylation sites is 1. The first kappa shape index (κ1) is 30.9. The Labute approximate surface area is 313 Å². The topological polar surface area (TPSA) is 16.4 Å². The number of nitrogens with zero attached hydrogens (tertiary/aromatic N) is 1. The molecule has 2 atom stereocenters. The van der Waals surface area contributed by atoms with Crippen LogP contribution in [-0.2, 0) is 0 Å². The van der Waals surface area contributed by atoms with Crippen LogP contribution in [0.3, 0.4) is 0 Å². The maximum absolute atomic E-state index is 6.80. The minimum atomic E-state index is -1.79. The van der Waals surface area contributed by atoms with Crippen LogP contribution in [0.5, 0.6) is 0 Å². The third-order valence-electron chi connectivity index (χ3n) is 12.5. The van der Waals surface area contributed by atoms with Gasteiger partial charge in [-0.25, -0.2) is 0 Å². The Balaban J connectivity index is 1.11. The molecule has 4 heteroatoms. The smallest absolute Gasteiger partial charge is 0.142 e. The molecule has 0 spiro atoms. The van der Waals surface area contributed by atoms with Gasteiger partial charge < -0.3 is 9.32 Å². The van der Waals surface area contributed by atoms with E-state index in [1.807, 2.05) is 0 Å². The molecule has 0 saturated carbocycles. The molecule has 0 bridgehead atoms. The van der Waals surface area contributed by atoms with Gasteiger partial charge in [0.2, 0.25) is 0 Å². The van der Waals surface area contributed by atoms with Crippen molar-refractivity contribution in [3.63, 3.8) is 0 Å². The van der Waals surface area contributed by atoms with Gasteiger partial charge in [0.25, 0.3) is 0 Å². The third kappa shape index (κ3) is 4.49. The van der Waals surface area contributed by atoms with Crippen LogP contribution < -0.4 is 20.5 Å². The molecule has 53 heavy (non-hydrogen) atoms. The predicted molar refractivity (Wildman–Crippen MR) is 231 cm³/mol. The van der Waals surface area contributed by atoms with E-state index in [1.165, 1.54) is 76.7 Å². The number of rotatable bonds is 4. The average molecular weight is 714 g/mol. The van der Waals surface area contributed by atoms with Crippen molar-refractivity contribution in [1.29, 1.82) is 0 Å². The summed E-state index contributed by atoms with van der Waals surface area (Å²) in [5.41, 5.74) is 12.6. The highest BCUT2D eigenvalue weighted by Crippen LogP contribution is 2.46. The molecule has 11 rings (SSSR count). The molecule has 0 radical (unpaired) electrons. The molecule has 2 nitrogen and oxygen atoms in total. The molecular formula is C49H39NOSi2. The van der Waals surface area contributed by atoms with E-state index < -0.39 is 16.9 Å². The maximum atomic E-state index is 6.80. The fourth-order valence-corrected chi connectivity index (χ4v) is 15.5. The van der Waals surface area contributed by atoms with Crippen molar-refractivity contribution < 1.29 is 4.42 Å². The first-order valence-corrected chi connectivity index (χ1v) is 24.2. The summed E-state index contributed by atoms with van der Waals surface area (Å²) < 4.78 is 6.80. The number of fused-ring (bicyclic) bond motifs is 10. The lowest BCUT2D eigenvalue weighted by molar-refractivity contribution is 0.667. The van der Waals surface area contributed by atoms with Crippen molar-refractivity contribution >= 4 is 82.1 Å². The monoisotopic (exact) mass is 713 g/mol. The summed E-state index contributed by atoms with van der Waals surface area (Å²) in [6.45, 7) is 7.51. The zero-order valence-corrected chi connectivity index (χ0v) is 32.4. The number of hydrogen-bond donors (Lipinski definition) is 0. The molecule has 0 fully saturated rings. The molecule has 3 aliphatic rings. The number of furan rings is 1. The van der Waals surface area contributed by atoms with E-state index in [1.54, 1.807) is 10.4 Å². The van der Waals surface area contributed by atoms with Gasteiger partial charge in [0, 0.05) is 27.7 Å². The Bertz CT molecular complexity index is 2880. The van der Waals surface area contributed by atoms with Gasteiger partial charge in [-0.05, 0) is 97.0 Å². The minimum Gasteiger partial charge on any atom is -0.455 e. The summed E-state index contributed by atoms with van der Waals surface area (Å²) >= 11 is 0. The van der Waals surface area contributed by atoms with Crippen LogP contribution in [0.25, 0.3) is 60.5 Å². The summed E-state index contributed by atoms with van der Waals surface area (Å²) in [4.78, 5) is 2.65. The fraction of sp³-hybridized carbons (Fsp3) is 0.102. The predicted octanol–water partition coefficient (Wildman–Crippen LogP) is 10.7. The summed E-state index contributed by atoms with van der Waals surface area (Å²) in [6.07, 6.45) is 5.81. The normalized spacial score (nSPS) is 18.0. The standard InChI is InChI=1S/C49H39NOSi2/c1-52-43-17-10-15-41(47(43)48-44(52)27-26-39-37-13-6-8-16-42(37)51-49(39)48)50(36-25-28-46-40(30-36)38-14-7-9-18-45(38)53(46,2)3)35-23-21-32(22-24-35)34-20-19-31-11-4-5-12-33(31)29-34/h4-14,16-30,41,52H,15H2,1-3H3. The van der Waals surface area contributed by atoms with Gasteiger partial charge in [0.05, 0.1) is 6.04 Å². The van der Waals surface area contributed by atoms with Gasteiger partial charge in [-0.15, -0.1) is 0 Å². The number of anilines is 2. The van der Waals surface area contributed by atoms with Gasteiger partial charge in [0.15, 0.2) is 0 Å².